The van der Waals surface area contributed by atoms with Crippen LogP contribution in [0.3, 0.4) is 0 Å². The van der Waals surface area contributed by atoms with Crippen molar-refractivity contribution in [3.8, 4) is 10.8 Å². The summed E-state index contributed by atoms with van der Waals surface area (Å²) >= 11 is 1.40. The molecular weight excluding hydrogens is 262 g/mol. The zero-order chi connectivity index (χ0) is 13.8. The number of hydrogen-bond acceptors (Lipinski definition) is 5. The summed E-state index contributed by atoms with van der Waals surface area (Å²) in [6.07, 6.45) is 0. The van der Waals surface area contributed by atoms with E-state index in [2.05, 4.69) is 15.6 Å². The Morgan fingerprint density at radius 1 is 1.53 bits per heavy atom. The van der Waals surface area contributed by atoms with Gasteiger partial charge in [0, 0.05) is 18.0 Å². The third-order valence-electron chi connectivity index (χ3n) is 2.75. The molecule has 1 unspecified atom stereocenters. The lowest BCUT2D eigenvalue weighted by atomic mass is 10.3. The summed E-state index contributed by atoms with van der Waals surface area (Å²) in [4.78, 5) is 16.2. The number of nitrogens with zero attached hydrogens (tertiary/aromatic N) is 1. The second kappa shape index (κ2) is 5.99. The highest BCUT2D eigenvalue weighted by atomic mass is 32.1. The smallest absolute Gasteiger partial charge is 0.270 e. The molecule has 5 nitrogen and oxygen atoms in total. The van der Waals surface area contributed by atoms with Gasteiger partial charge in [-0.05, 0) is 33.0 Å². The average Bonchev–Trinajstić information content (AvgIpc) is 3.03. The molecule has 0 aromatic carbocycles. The summed E-state index contributed by atoms with van der Waals surface area (Å²) in [7, 11) is 1.86. The van der Waals surface area contributed by atoms with E-state index < -0.39 is 0 Å². The molecule has 0 aliphatic heterocycles. The Labute approximate surface area is 116 Å². The van der Waals surface area contributed by atoms with Crippen LogP contribution in [0.15, 0.2) is 21.9 Å². The molecule has 2 aromatic rings. The summed E-state index contributed by atoms with van der Waals surface area (Å²) in [5.41, 5.74) is 0.428. The number of nitrogens with one attached hydrogen (secondary N) is 2. The lowest BCUT2D eigenvalue weighted by Gasteiger charge is -2.10. The molecule has 2 aromatic heterocycles. The lowest BCUT2D eigenvalue weighted by molar-refractivity contribution is 0.0946. The molecule has 2 N–H and O–H groups in total. The summed E-state index contributed by atoms with van der Waals surface area (Å²) in [5, 5.41) is 8.35. The van der Waals surface area contributed by atoms with Crippen molar-refractivity contribution in [1.82, 2.24) is 15.6 Å². The van der Waals surface area contributed by atoms with Crippen molar-refractivity contribution in [3.63, 3.8) is 0 Å². The van der Waals surface area contributed by atoms with Crippen LogP contribution in [0.4, 0.5) is 0 Å². The zero-order valence-corrected chi connectivity index (χ0v) is 12.0. The van der Waals surface area contributed by atoms with E-state index in [0.29, 0.717) is 18.0 Å². The minimum Gasteiger partial charge on any atom is -0.459 e. The fourth-order valence-corrected chi connectivity index (χ4v) is 2.24. The number of rotatable bonds is 5. The van der Waals surface area contributed by atoms with Crippen molar-refractivity contribution in [2.45, 2.75) is 19.9 Å². The third-order valence-corrected chi connectivity index (χ3v) is 3.61. The predicted octanol–water partition coefficient (Wildman–Crippen LogP) is 2.05. The maximum atomic E-state index is 11.9. The molecule has 0 radical (unpaired) electrons. The van der Waals surface area contributed by atoms with Crippen LogP contribution in [0.25, 0.3) is 10.8 Å². The fraction of sp³-hybridized carbons (Fsp3) is 0.385. The van der Waals surface area contributed by atoms with Crippen molar-refractivity contribution < 1.29 is 9.21 Å². The Bertz CT molecular complexity index is 562. The van der Waals surface area contributed by atoms with Gasteiger partial charge in [0.1, 0.15) is 11.5 Å². The SMILES string of the molecule is CNC(C)CNC(=O)c1csc(-c2ccc(C)o2)n1. The van der Waals surface area contributed by atoms with Gasteiger partial charge in [0.2, 0.25) is 0 Å². The zero-order valence-electron chi connectivity index (χ0n) is 11.2. The molecule has 6 heteroatoms. The maximum absolute atomic E-state index is 11.9. The Kier molecular flexibility index (Phi) is 4.34. The van der Waals surface area contributed by atoms with Gasteiger partial charge < -0.3 is 15.1 Å². The molecule has 2 heterocycles. The topological polar surface area (TPSA) is 67.2 Å². The fourth-order valence-electron chi connectivity index (χ4n) is 1.48. The van der Waals surface area contributed by atoms with E-state index in [0.717, 1.165) is 10.8 Å². The average molecular weight is 279 g/mol. The Morgan fingerprint density at radius 2 is 2.32 bits per heavy atom. The molecule has 0 fully saturated rings. The van der Waals surface area contributed by atoms with Crippen LogP contribution in [0.1, 0.15) is 23.2 Å². The molecule has 102 valence electrons. The number of aryl methyl sites for hydroxylation is 1. The number of furan rings is 1. The molecule has 0 bridgehead atoms. The van der Waals surface area contributed by atoms with E-state index in [1.807, 2.05) is 33.0 Å². The van der Waals surface area contributed by atoms with Crippen molar-refractivity contribution in [3.05, 3.63) is 29.0 Å². The first kappa shape index (κ1) is 13.8. The largest absolute Gasteiger partial charge is 0.459 e. The van der Waals surface area contributed by atoms with Gasteiger partial charge in [0.05, 0.1) is 0 Å². The van der Waals surface area contributed by atoms with Gasteiger partial charge in [-0.15, -0.1) is 11.3 Å². The molecule has 0 saturated carbocycles. The molecule has 2 rings (SSSR count). The highest BCUT2D eigenvalue weighted by Gasteiger charge is 2.13. The second-order valence-corrected chi connectivity index (χ2v) is 5.21. The van der Waals surface area contributed by atoms with Crippen molar-refractivity contribution >= 4 is 17.2 Å². The van der Waals surface area contributed by atoms with E-state index in [9.17, 15) is 4.79 Å². The molecule has 19 heavy (non-hydrogen) atoms. The standard InChI is InChI=1S/C13H17N3O2S/c1-8(14-3)6-15-12(17)10-7-19-13(16-10)11-5-4-9(2)18-11/h4-5,7-8,14H,6H2,1-3H3,(H,15,17). The van der Waals surface area contributed by atoms with E-state index in [1.54, 1.807) is 5.38 Å². The van der Waals surface area contributed by atoms with E-state index in [-0.39, 0.29) is 11.9 Å². The van der Waals surface area contributed by atoms with E-state index in [1.165, 1.54) is 11.3 Å². The van der Waals surface area contributed by atoms with Crippen LogP contribution in [0.5, 0.6) is 0 Å². The van der Waals surface area contributed by atoms with Gasteiger partial charge in [0.15, 0.2) is 10.8 Å². The number of amides is 1. The number of aromatic nitrogens is 1. The number of likely N-dealkylation sites (N-methyl/N-ethyl adjacent to an activating group) is 1. The van der Waals surface area contributed by atoms with E-state index in [4.69, 9.17) is 4.42 Å². The summed E-state index contributed by atoms with van der Waals surface area (Å²) in [6.45, 7) is 4.45. The van der Waals surface area contributed by atoms with Gasteiger partial charge in [-0.25, -0.2) is 4.98 Å². The number of hydrogen-bond donors (Lipinski definition) is 2. The summed E-state index contributed by atoms with van der Waals surface area (Å²) < 4.78 is 5.48. The second-order valence-electron chi connectivity index (χ2n) is 4.35. The Hall–Kier alpha value is -1.66. The van der Waals surface area contributed by atoms with Crippen molar-refractivity contribution in [2.24, 2.45) is 0 Å². The van der Waals surface area contributed by atoms with Gasteiger partial charge in [-0.3, -0.25) is 4.79 Å². The number of thiazole rings is 1. The quantitative estimate of drug-likeness (QED) is 0.879. The highest BCUT2D eigenvalue weighted by molar-refractivity contribution is 7.13. The first-order valence-electron chi connectivity index (χ1n) is 6.08. The van der Waals surface area contributed by atoms with Crippen LogP contribution >= 0.6 is 11.3 Å². The van der Waals surface area contributed by atoms with E-state index >= 15 is 0 Å². The van der Waals surface area contributed by atoms with Crippen LogP contribution in [-0.2, 0) is 0 Å². The number of carbonyl (C=O) groups is 1. The molecule has 0 aliphatic rings. The Morgan fingerprint density at radius 3 is 2.95 bits per heavy atom. The summed E-state index contributed by atoms with van der Waals surface area (Å²) in [5.74, 6) is 1.37. The van der Waals surface area contributed by atoms with Crippen molar-refractivity contribution in [2.75, 3.05) is 13.6 Å². The number of carbonyl (C=O) groups excluding carboxylic acids is 1. The van der Waals surface area contributed by atoms with Gasteiger partial charge >= 0.3 is 0 Å². The monoisotopic (exact) mass is 279 g/mol. The lowest BCUT2D eigenvalue weighted by Crippen LogP contribution is -2.37. The van der Waals surface area contributed by atoms with Gasteiger partial charge in [0.25, 0.3) is 5.91 Å². The van der Waals surface area contributed by atoms with Crippen LogP contribution in [0, 0.1) is 6.92 Å². The highest BCUT2D eigenvalue weighted by Crippen LogP contribution is 2.25. The van der Waals surface area contributed by atoms with Crippen LogP contribution in [0.2, 0.25) is 0 Å². The molecular formula is C13H17N3O2S. The van der Waals surface area contributed by atoms with Gasteiger partial charge in [-0.1, -0.05) is 0 Å². The normalized spacial score (nSPS) is 12.4. The molecule has 1 amide bonds. The molecule has 0 spiro atoms. The maximum Gasteiger partial charge on any atom is 0.270 e. The molecule has 0 saturated heterocycles. The predicted molar refractivity (Wildman–Crippen MR) is 75.4 cm³/mol. The first-order valence-corrected chi connectivity index (χ1v) is 6.96. The van der Waals surface area contributed by atoms with Gasteiger partial charge in [-0.2, -0.15) is 0 Å². The van der Waals surface area contributed by atoms with Crippen LogP contribution in [-0.4, -0.2) is 30.5 Å². The Balaban J connectivity index is 2.02. The minimum absolute atomic E-state index is 0.159. The first-order chi connectivity index (χ1) is 9.10. The van der Waals surface area contributed by atoms with Crippen LogP contribution < -0.4 is 10.6 Å². The van der Waals surface area contributed by atoms with Crippen molar-refractivity contribution in [1.29, 1.82) is 0 Å². The third kappa shape index (κ3) is 3.42. The summed E-state index contributed by atoms with van der Waals surface area (Å²) in [6, 6.07) is 3.97. The minimum atomic E-state index is -0.159. The molecule has 0 aliphatic carbocycles. The molecule has 1 atom stereocenters.